The van der Waals surface area contributed by atoms with Gasteiger partial charge < -0.3 is 10.7 Å². The quantitative estimate of drug-likeness (QED) is 0.830. The molecule has 114 valence electrons. The van der Waals surface area contributed by atoms with E-state index in [4.69, 9.17) is 5.73 Å². The van der Waals surface area contributed by atoms with Crippen LogP contribution >= 0.6 is 0 Å². The van der Waals surface area contributed by atoms with E-state index >= 15 is 0 Å². The molecular weight excluding hydrogens is 262 g/mol. The van der Waals surface area contributed by atoms with E-state index in [1.807, 2.05) is 18.2 Å². The molecule has 5 heteroatoms. The topological polar surface area (TPSA) is 61.2 Å². The third-order valence-electron chi connectivity index (χ3n) is 4.25. The Kier molecular flexibility index (Phi) is 3.63. The van der Waals surface area contributed by atoms with Crippen molar-refractivity contribution >= 4 is 16.7 Å². The fourth-order valence-electron chi connectivity index (χ4n) is 2.94. The van der Waals surface area contributed by atoms with Gasteiger partial charge >= 0.3 is 0 Å². The van der Waals surface area contributed by atoms with Crippen molar-refractivity contribution in [2.45, 2.75) is 32.9 Å². The number of nitrogen functional groups attached to an aromatic ring is 1. The monoisotopic (exact) mass is 287 g/mol. The van der Waals surface area contributed by atoms with E-state index in [2.05, 4.69) is 40.5 Å². The number of rotatable bonds is 2. The standard InChI is InChI=1S/C16H25N5/c1-16(2,3)21-8-6-20(7-9-21)11-15-18-13-5-4-12(17)10-14(13)19-15/h4-5,10H,6-9,11,17H2,1-3H3,(H,18,19). The molecule has 1 aliphatic heterocycles. The van der Waals surface area contributed by atoms with Crippen molar-refractivity contribution in [3.05, 3.63) is 24.0 Å². The molecule has 2 aromatic rings. The lowest BCUT2D eigenvalue weighted by atomic mass is 10.1. The number of hydrogen-bond donors (Lipinski definition) is 2. The third kappa shape index (κ3) is 3.19. The van der Waals surface area contributed by atoms with E-state index in [0.717, 1.165) is 55.3 Å². The molecule has 1 aromatic heterocycles. The van der Waals surface area contributed by atoms with Crippen molar-refractivity contribution in [1.82, 2.24) is 19.8 Å². The molecule has 0 spiro atoms. The fraction of sp³-hybridized carbons (Fsp3) is 0.562. The molecule has 0 aliphatic carbocycles. The number of imidazole rings is 1. The first kappa shape index (κ1) is 14.4. The summed E-state index contributed by atoms with van der Waals surface area (Å²) in [6.45, 7) is 12.2. The molecule has 0 bridgehead atoms. The zero-order valence-corrected chi connectivity index (χ0v) is 13.2. The number of piperazine rings is 1. The molecule has 0 unspecified atom stereocenters. The zero-order valence-electron chi connectivity index (χ0n) is 13.2. The van der Waals surface area contributed by atoms with E-state index in [9.17, 15) is 0 Å². The maximum absolute atomic E-state index is 5.81. The molecule has 1 aromatic carbocycles. The van der Waals surface area contributed by atoms with Gasteiger partial charge in [0.25, 0.3) is 0 Å². The number of H-pyrrole nitrogens is 1. The molecule has 3 rings (SSSR count). The Morgan fingerprint density at radius 2 is 1.90 bits per heavy atom. The lowest BCUT2D eigenvalue weighted by Crippen LogP contribution is -2.53. The molecule has 2 heterocycles. The largest absolute Gasteiger partial charge is 0.399 e. The molecule has 1 saturated heterocycles. The minimum Gasteiger partial charge on any atom is -0.399 e. The van der Waals surface area contributed by atoms with Gasteiger partial charge in [-0.05, 0) is 39.0 Å². The molecule has 1 fully saturated rings. The first-order valence-electron chi connectivity index (χ1n) is 7.63. The van der Waals surface area contributed by atoms with Gasteiger partial charge in [0.15, 0.2) is 0 Å². The number of anilines is 1. The summed E-state index contributed by atoms with van der Waals surface area (Å²) >= 11 is 0. The maximum atomic E-state index is 5.81. The number of nitrogens with one attached hydrogen (secondary N) is 1. The number of fused-ring (bicyclic) bond motifs is 1. The van der Waals surface area contributed by atoms with Crippen molar-refractivity contribution in [2.75, 3.05) is 31.9 Å². The van der Waals surface area contributed by atoms with Crippen molar-refractivity contribution in [3.63, 3.8) is 0 Å². The highest BCUT2D eigenvalue weighted by Gasteiger charge is 2.26. The van der Waals surface area contributed by atoms with Crippen LogP contribution in [-0.2, 0) is 6.54 Å². The molecule has 0 saturated carbocycles. The molecular formula is C16H25N5. The summed E-state index contributed by atoms with van der Waals surface area (Å²) in [5.74, 6) is 1.03. The van der Waals surface area contributed by atoms with Gasteiger partial charge in [-0.15, -0.1) is 0 Å². The van der Waals surface area contributed by atoms with Gasteiger partial charge in [-0.1, -0.05) is 0 Å². The maximum Gasteiger partial charge on any atom is 0.121 e. The van der Waals surface area contributed by atoms with Crippen molar-refractivity contribution in [2.24, 2.45) is 0 Å². The van der Waals surface area contributed by atoms with Crippen molar-refractivity contribution in [1.29, 1.82) is 0 Å². The average molecular weight is 287 g/mol. The first-order valence-corrected chi connectivity index (χ1v) is 7.63. The second-order valence-electron chi connectivity index (χ2n) is 6.89. The van der Waals surface area contributed by atoms with Crippen LogP contribution in [0.15, 0.2) is 18.2 Å². The highest BCUT2D eigenvalue weighted by atomic mass is 15.3. The third-order valence-corrected chi connectivity index (χ3v) is 4.25. The van der Waals surface area contributed by atoms with Crippen LogP contribution in [-0.4, -0.2) is 51.5 Å². The molecule has 1 aliphatic rings. The highest BCUT2D eigenvalue weighted by Crippen LogP contribution is 2.18. The Bertz CT molecular complexity index is 617. The second-order valence-corrected chi connectivity index (χ2v) is 6.89. The smallest absolute Gasteiger partial charge is 0.121 e. The van der Waals surface area contributed by atoms with E-state index in [-0.39, 0.29) is 5.54 Å². The Hall–Kier alpha value is -1.59. The first-order chi connectivity index (χ1) is 9.91. The van der Waals surface area contributed by atoms with E-state index < -0.39 is 0 Å². The Balaban J connectivity index is 1.64. The van der Waals surface area contributed by atoms with Gasteiger partial charge in [0.05, 0.1) is 17.6 Å². The van der Waals surface area contributed by atoms with Crippen LogP contribution < -0.4 is 5.73 Å². The molecule has 0 atom stereocenters. The number of nitrogens with two attached hydrogens (primary N) is 1. The molecule has 5 nitrogen and oxygen atoms in total. The molecule has 0 amide bonds. The van der Waals surface area contributed by atoms with Crippen LogP contribution in [0.3, 0.4) is 0 Å². The van der Waals surface area contributed by atoms with Crippen LogP contribution in [0.5, 0.6) is 0 Å². The SMILES string of the molecule is CC(C)(C)N1CCN(Cc2nc3ccc(N)cc3[nH]2)CC1. The lowest BCUT2D eigenvalue weighted by molar-refractivity contribution is 0.0581. The van der Waals surface area contributed by atoms with E-state index in [0.29, 0.717) is 0 Å². The summed E-state index contributed by atoms with van der Waals surface area (Å²) in [5, 5.41) is 0. The predicted molar refractivity (Wildman–Crippen MR) is 87.1 cm³/mol. The van der Waals surface area contributed by atoms with Crippen LogP contribution in [0.2, 0.25) is 0 Å². The van der Waals surface area contributed by atoms with Gasteiger partial charge in [-0.25, -0.2) is 4.98 Å². The van der Waals surface area contributed by atoms with Crippen LogP contribution in [0.25, 0.3) is 11.0 Å². The number of aromatic amines is 1. The van der Waals surface area contributed by atoms with Gasteiger partial charge in [-0.3, -0.25) is 9.80 Å². The summed E-state index contributed by atoms with van der Waals surface area (Å²) in [6, 6.07) is 5.82. The van der Waals surface area contributed by atoms with Gasteiger partial charge in [-0.2, -0.15) is 0 Å². The fourth-order valence-corrected chi connectivity index (χ4v) is 2.94. The van der Waals surface area contributed by atoms with Crippen molar-refractivity contribution in [3.8, 4) is 0 Å². The number of benzene rings is 1. The Labute approximate surface area is 126 Å². The summed E-state index contributed by atoms with van der Waals surface area (Å²) < 4.78 is 0. The van der Waals surface area contributed by atoms with E-state index in [1.54, 1.807) is 0 Å². The zero-order chi connectivity index (χ0) is 15.0. The minimum absolute atomic E-state index is 0.267. The Morgan fingerprint density at radius 3 is 2.57 bits per heavy atom. The molecule has 21 heavy (non-hydrogen) atoms. The van der Waals surface area contributed by atoms with Crippen LogP contribution in [0, 0.1) is 0 Å². The molecule has 0 radical (unpaired) electrons. The predicted octanol–water partition coefficient (Wildman–Crippen LogP) is 2.06. The number of nitrogens with zero attached hydrogens (tertiary/aromatic N) is 3. The summed E-state index contributed by atoms with van der Waals surface area (Å²) in [5.41, 5.74) is 8.87. The van der Waals surface area contributed by atoms with Gasteiger partial charge in [0.2, 0.25) is 0 Å². The number of hydrogen-bond acceptors (Lipinski definition) is 4. The summed E-state index contributed by atoms with van der Waals surface area (Å²) in [6.07, 6.45) is 0. The molecule has 3 N–H and O–H groups in total. The number of aromatic nitrogens is 2. The van der Waals surface area contributed by atoms with E-state index in [1.165, 1.54) is 0 Å². The Morgan fingerprint density at radius 1 is 1.19 bits per heavy atom. The highest BCUT2D eigenvalue weighted by molar-refractivity contribution is 5.78. The normalized spacial score (nSPS) is 18.4. The van der Waals surface area contributed by atoms with Gasteiger partial charge in [0.1, 0.15) is 5.82 Å². The summed E-state index contributed by atoms with van der Waals surface area (Å²) in [4.78, 5) is 13.0. The van der Waals surface area contributed by atoms with Crippen molar-refractivity contribution < 1.29 is 0 Å². The minimum atomic E-state index is 0.267. The van der Waals surface area contributed by atoms with Crippen LogP contribution in [0.1, 0.15) is 26.6 Å². The lowest BCUT2D eigenvalue weighted by Gasteiger charge is -2.42. The second kappa shape index (κ2) is 5.31. The average Bonchev–Trinajstić information content (AvgIpc) is 2.79. The summed E-state index contributed by atoms with van der Waals surface area (Å²) in [7, 11) is 0. The van der Waals surface area contributed by atoms with Gasteiger partial charge in [0, 0.05) is 37.4 Å². The van der Waals surface area contributed by atoms with Crippen LogP contribution in [0.4, 0.5) is 5.69 Å².